The number of rotatable bonds is 0. The van der Waals surface area contributed by atoms with Gasteiger partial charge in [0.2, 0.25) is 0 Å². The zero-order valence-corrected chi connectivity index (χ0v) is 6.47. The molecule has 0 aliphatic rings. The standard InChI is InChI=1S/C5H6ClN3O2/c1-2-3(6)4(10)9(7)5(11)8-2/h7H2,1H3,(H,8,11). The van der Waals surface area contributed by atoms with Gasteiger partial charge in [-0.15, -0.1) is 0 Å². The quantitative estimate of drug-likeness (QED) is 0.507. The number of nitrogen functional groups attached to an aromatic ring is 1. The van der Waals surface area contributed by atoms with Crippen molar-refractivity contribution in [2.75, 3.05) is 5.84 Å². The Morgan fingerprint density at radius 2 is 2.09 bits per heavy atom. The van der Waals surface area contributed by atoms with Gasteiger partial charge in [-0.3, -0.25) is 4.79 Å². The molecular weight excluding hydrogens is 170 g/mol. The van der Waals surface area contributed by atoms with E-state index in [0.29, 0.717) is 10.4 Å². The van der Waals surface area contributed by atoms with E-state index in [9.17, 15) is 9.59 Å². The van der Waals surface area contributed by atoms with Crippen LogP contribution in [-0.4, -0.2) is 9.66 Å². The Balaban J connectivity index is 3.74. The first kappa shape index (κ1) is 7.87. The maximum absolute atomic E-state index is 10.9. The fourth-order valence-corrected chi connectivity index (χ4v) is 0.772. The minimum Gasteiger partial charge on any atom is -0.332 e. The van der Waals surface area contributed by atoms with E-state index in [2.05, 4.69) is 4.98 Å². The molecule has 0 aliphatic heterocycles. The summed E-state index contributed by atoms with van der Waals surface area (Å²) in [6.45, 7) is 1.52. The maximum Gasteiger partial charge on any atom is 0.347 e. The molecule has 0 aromatic carbocycles. The first-order valence-corrected chi connectivity index (χ1v) is 3.18. The molecule has 0 aliphatic carbocycles. The molecule has 6 heteroatoms. The van der Waals surface area contributed by atoms with E-state index in [1.54, 1.807) is 0 Å². The molecule has 1 heterocycles. The Hall–Kier alpha value is -1.23. The predicted molar refractivity (Wildman–Crippen MR) is 41.2 cm³/mol. The molecule has 0 saturated carbocycles. The van der Waals surface area contributed by atoms with E-state index in [1.807, 2.05) is 0 Å². The number of halogens is 1. The normalized spacial score (nSPS) is 10.0. The molecule has 0 spiro atoms. The highest BCUT2D eigenvalue weighted by Gasteiger charge is 2.05. The van der Waals surface area contributed by atoms with Crippen LogP contribution in [-0.2, 0) is 0 Å². The Morgan fingerprint density at radius 3 is 2.64 bits per heavy atom. The number of nitrogens with one attached hydrogen (secondary N) is 1. The number of nitrogens with zero attached hydrogens (tertiary/aromatic N) is 1. The molecule has 3 N–H and O–H groups in total. The number of hydrogen-bond donors (Lipinski definition) is 2. The molecule has 1 aromatic heterocycles. The highest BCUT2D eigenvalue weighted by molar-refractivity contribution is 6.30. The molecule has 60 valence electrons. The third-order valence-electron chi connectivity index (χ3n) is 1.25. The lowest BCUT2D eigenvalue weighted by Gasteiger charge is -1.98. The fourth-order valence-electron chi connectivity index (χ4n) is 0.634. The number of aromatic nitrogens is 2. The molecule has 0 unspecified atom stereocenters. The summed E-state index contributed by atoms with van der Waals surface area (Å²) < 4.78 is 0.426. The number of aromatic amines is 1. The summed E-state index contributed by atoms with van der Waals surface area (Å²) in [5.74, 6) is 5.03. The van der Waals surface area contributed by atoms with Crippen LogP contribution in [0, 0.1) is 6.92 Å². The van der Waals surface area contributed by atoms with Crippen molar-refractivity contribution in [3.8, 4) is 0 Å². The van der Waals surface area contributed by atoms with Crippen molar-refractivity contribution in [2.45, 2.75) is 6.92 Å². The first-order valence-electron chi connectivity index (χ1n) is 2.80. The monoisotopic (exact) mass is 175 g/mol. The number of nitrogens with two attached hydrogens (primary N) is 1. The van der Waals surface area contributed by atoms with Gasteiger partial charge in [-0.05, 0) is 6.92 Å². The molecule has 0 saturated heterocycles. The fraction of sp³-hybridized carbons (Fsp3) is 0.200. The van der Waals surface area contributed by atoms with Crippen LogP contribution in [0.1, 0.15) is 5.69 Å². The van der Waals surface area contributed by atoms with Crippen LogP contribution in [0.5, 0.6) is 0 Å². The number of aryl methyl sites for hydroxylation is 1. The van der Waals surface area contributed by atoms with Crippen LogP contribution in [0.3, 0.4) is 0 Å². The van der Waals surface area contributed by atoms with Crippen molar-refractivity contribution in [1.82, 2.24) is 9.66 Å². The van der Waals surface area contributed by atoms with Gasteiger partial charge in [0.25, 0.3) is 5.56 Å². The van der Waals surface area contributed by atoms with Gasteiger partial charge >= 0.3 is 5.69 Å². The summed E-state index contributed by atoms with van der Waals surface area (Å²) in [6, 6.07) is 0. The van der Waals surface area contributed by atoms with Gasteiger partial charge in [0, 0.05) is 5.69 Å². The third kappa shape index (κ3) is 1.14. The van der Waals surface area contributed by atoms with Crippen LogP contribution >= 0.6 is 11.6 Å². The second-order valence-corrected chi connectivity index (χ2v) is 2.42. The SMILES string of the molecule is Cc1[nH]c(=O)n(N)c(=O)c1Cl. The van der Waals surface area contributed by atoms with Gasteiger partial charge in [0.05, 0.1) is 0 Å². The Labute approximate surface area is 66.4 Å². The van der Waals surface area contributed by atoms with Gasteiger partial charge in [-0.2, -0.15) is 4.68 Å². The summed E-state index contributed by atoms with van der Waals surface area (Å²) in [7, 11) is 0. The molecule has 0 bridgehead atoms. The highest BCUT2D eigenvalue weighted by atomic mass is 35.5. The molecule has 0 atom stereocenters. The Bertz CT molecular complexity index is 392. The summed E-state index contributed by atoms with van der Waals surface area (Å²) in [5.41, 5.74) is -1.03. The lowest BCUT2D eigenvalue weighted by molar-refractivity contribution is 0.820. The van der Waals surface area contributed by atoms with E-state index in [-0.39, 0.29) is 5.02 Å². The Morgan fingerprint density at radius 1 is 1.55 bits per heavy atom. The zero-order valence-electron chi connectivity index (χ0n) is 5.72. The van der Waals surface area contributed by atoms with Crippen molar-refractivity contribution >= 4 is 11.6 Å². The van der Waals surface area contributed by atoms with E-state index in [1.165, 1.54) is 6.92 Å². The second kappa shape index (κ2) is 2.43. The minimum absolute atomic E-state index is 0.0629. The number of H-pyrrole nitrogens is 1. The predicted octanol–water partition coefficient (Wildman–Crippen LogP) is -0.788. The third-order valence-corrected chi connectivity index (χ3v) is 1.69. The second-order valence-electron chi connectivity index (χ2n) is 2.04. The maximum atomic E-state index is 10.9. The van der Waals surface area contributed by atoms with Crippen molar-refractivity contribution < 1.29 is 0 Å². The number of hydrogen-bond acceptors (Lipinski definition) is 3. The lowest BCUT2D eigenvalue weighted by Crippen LogP contribution is -2.41. The van der Waals surface area contributed by atoms with Crippen molar-refractivity contribution in [2.24, 2.45) is 0 Å². The van der Waals surface area contributed by atoms with Crippen molar-refractivity contribution in [1.29, 1.82) is 0 Å². The average Bonchev–Trinajstić information content (AvgIpc) is 1.97. The molecule has 1 rings (SSSR count). The average molecular weight is 176 g/mol. The van der Waals surface area contributed by atoms with Crippen LogP contribution < -0.4 is 17.1 Å². The van der Waals surface area contributed by atoms with Gasteiger partial charge < -0.3 is 10.8 Å². The van der Waals surface area contributed by atoms with Crippen molar-refractivity contribution in [3.63, 3.8) is 0 Å². The summed E-state index contributed by atoms with van der Waals surface area (Å²) in [4.78, 5) is 23.9. The van der Waals surface area contributed by atoms with Crippen LogP contribution in [0.15, 0.2) is 9.59 Å². The van der Waals surface area contributed by atoms with Gasteiger partial charge in [0.15, 0.2) is 0 Å². The van der Waals surface area contributed by atoms with Crippen LogP contribution in [0.25, 0.3) is 0 Å². The van der Waals surface area contributed by atoms with E-state index >= 15 is 0 Å². The van der Waals surface area contributed by atoms with Gasteiger partial charge in [-0.1, -0.05) is 11.6 Å². The van der Waals surface area contributed by atoms with Crippen LogP contribution in [0.2, 0.25) is 5.02 Å². The molecule has 5 nitrogen and oxygen atoms in total. The lowest BCUT2D eigenvalue weighted by atomic mass is 10.4. The molecule has 0 radical (unpaired) electrons. The van der Waals surface area contributed by atoms with E-state index in [4.69, 9.17) is 17.4 Å². The largest absolute Gasteiger partial charge is 0.347 e. The summed E-state index contributed by atoms with van der Waals surface area (Å²) >= 11 is 5.47. The molecule has 1 aromatic rings. The molecule has 0 fully saturated rings. The van der Waals surface area contributed by atoms with Gasteiger partial charge in [0.1, 0.15) is 5.02 Å². The molecular formula is C5H6ClN3O2. The van der Waals surface area contributed by atoms with E-state index in [0.717, 1.165) is 0 Å². The smallest absolute Gasteiger partial charge is 0.332 e. The van der Waals surface area contributed by atoms with E-state index < -0.39 is 11.2 Å². The molecule has 11 heavy (non-hydrogen) atoms. The zero-order chi connectivity index (χ0) is 8.59. The summed E-state index contributed by atoms with van der Waals surface area (Å²) in [5, 5.41) is -0.0629. The Kier molecular flexibility index (Phi) is 1.74. The first-order chi connectivity index (χ1) is 5.04. The van der Waals surface area contributed by atoms with Crippen molar-refractivity contribution in [3.05, 3.63) is 31.6 Å². The highest BCUT2D eigenvalue weighted by Crippen LogP contribution is 2.01. The molecule has 0 amide bonds. The summed E-state index contributed by atoms with van der Waals surface area (Å²) in [6.07, 6.45) is 0. The van der Waals surface area contributed by atoms with Crippen LogP contribution in [0.4, 0.5) is 0 Å². The topological polar surface area (TPSA) is 80.9 Å². The van der Waals surface area contributed by atoms with Gasteiger partial charge in [-0.25, -0.2) is 4.79 Å². The minimum atomic E-state index is -0.687.